The number of pyridine rings is 1. The summed E-state index contributed by atoms with van der Waals surface area (Å²) in [5, 5.41) is 0. The number of piperazine rings is 1. The SMILES string of the molecule is Cc1nc(-c2ccccn2)nc(N2CCN(CCOc3ccccc3)CC2)c1C. The van der Waals surface area contributed by atoms with E-state index in [9.17, 15) is 0 Å². The molecule has 0 radical (unpaired) electrons. The van der Waals surface area contributed by atoms with E-state index in [1.54, 1.807) is 6.20 Å². The number of ether oxygens (including phenoxy) is 1. The maximum absolute atomic E-state index is 5.84. The fraction of sp³-hybridized carbons (Fsp3) is 0.348. The fourth-order valence-corrected chi connectivity index (χ4v) is 3.52. The summed E-state index contributed by atoms with van der Waals surface area (Å²) in [6.07, 6.45) is 1.78. The van der Waals surface area contributed by atoms with E-state index in [2.05, 4.69) is 26.7 Å². The van der Waals surface area contributed by atoms with Crippen molar-refractivity contribution >= 4 is 5.82 Å². The molecule has 0 N–H and O–H groups in total. The average Bonchev–Trinajstić information content (AvgIpc) is 2.77. The minimum atomic E-state index is 0.697. The molecule has 150 valence electrons. The number of aromatic nitrogens is 3. The molecule has 1 saturated heterocycles. The highest BCUT2D eigenvalue weighted by Gasteiger charge is 2.21. The van der Waals surface area contributed by atoms with E-state index in [0.717, 1.165) is 61.2 Å². The van der Waals surface area contributed by atoms with Crippen molar-refractivity contribution in [3.05, 3.63) is 66.0 Å². The number of rotatable bonds is 6. The van der Waals surface area contributed by atoms with Crippen LogP contribution in [0.1, 0.15) is 11.3 Å². The fourth-order valence-electron chi connectivity index (χ4n) is 3.52. The molecule has 3 heterocycles. The predicted octanol–water partition coefficient (Wildman–Crippen LogP) is 3.36. The van der Waals surface area contributed by atoms with Gasteiger partial charge in [-0.05, 0) is 38.1 Å². The molecule has 0 spiro atoms. The number of aryl methyl sites for hydroxylation is 1. The van der Waals surface area contributed by atoms with Gasteiger partial charge in [-0.25, -0.2) is 9.97 Å². The van der Waals surface area contributed by atoms with Crippen molar-refractivity contribution in [2.45, 2.75) is 13.8 Å². The number of anilines is 1. The van der Waals surface area contributed by atoms with Crippen LogP contribution in [0.3, 0.4) is 0 Å². The van der Waals surface area contributed by atoms with Gasteiger partial charge in [0.1, 0.15) is 23.9 Å². The van der Waals surface area contributed by atoms with E-state index in [4.69, 9.17) is 9.72 Å². The average molecular weight is 390 g/mol. The van der Waals surface area contributed by atoms with Gasteiger partial charge in [0.2, 0.25) is 0 Å². The molecule has 0 saturated carbocycles. The second kappa shape index (κ2) is 9.01. The van der Waals surface area contributed by atoms with E-state index >= 15 is 0 Å². The standard InChI is InChI=1S/C23H27N5O/c1-18-19(2)25-22(21-10-6-7-11-24-21)26-23(18)28-14-12-27(13-15-28)16-17-29-20-8-4-3-5-9-20/h3-11H,12-17H2,1-2H3. The van der Waals surface area contributed by atoms with Gasteiger partial charge in [-0.2, -0.15) is 0 Å². The summed E-state index contributed by atoms with van der Waals surface area (Å²) in [6, 6.07) is 15.8. The Hall–Kier alpha value is -2.99. The van der Waals surface area contributed by atoms with Crippen LogP contribution in [0.25, 0.3) is 11.5 Å². The molecule has 6 heteroatoms. The summed E-state index contributed by atoms with van der Waals surface area (Å²) in [7, 11) is 0. The van der Waals surface area contributed by atoms with Gasteiger partial charge in [-0.3, -0.25) is 9.88 Å². The van der Waals surface area contributed by atoms with E-state index in [1.165, 1.54) is 0 Å². The van der Waals surface area contributed by atoms with Crippen molar-refractivity contribution in [3.63, 3.8) is 0 Å². The van der Waals surface area contributed by atoms with E-state index in [-0.39, 0.29) is 0 Å². The van der Waals surface area contributed by atoms with Crippen molar-refractivity contribution in [2.24, 2.45) is 0 Å². The maximum Gasteiger partial charge on any atom is 0.180 e. The van der Waals surface area contributed by atoms with Crippen LogP contribution in [0.2, 0.25) is 0 Å². The summed E-state index contributed by atoms with van der Waals surface area (Å²) in [5.74, 6) is 2.65. The molecule has 0 bridgehead atoms. The van der Waals surface area contributed by atoms with Gasteiger partial charge < -0.3 is 9.64 Å². The third kappa shape index (κ3) is 4.71. The number of hydrogen-bond donors (Lipinski definition) is 0. The van der Waals surface area contributed by atoms with Gasteiger partial charge in [0.15, 0.2) is 5.82 Å². The minimum Gasteiger partial charge on any atom is -0.492 e. The number of nitrogens with zero attached hydrogens (tertiary/aromatic N) is 5. The molecule has 0 aliphatic carbocycles. The first-order valence-corrected chi connectivity index (χ1v) is 10.1. The van der Waals surface area contributed by atoms with Crippen molar-refractivity contribution in [1.82, 2.24) is 19.9 Å². The Morgan fingerprint density at radius 3 is 2.38 bits per heavy atom. The summed E-state index contributed by atoms with van der Waals surface area (Å²) in [4.78, 5) is 18.7. The molecule has 1 aromatic carbocycles. The van der Waals surface area contributed by atoms with Crippen LogP contribution in [-0.4, -0.2) is 59.2 Å². The summed E-state index contributed by atoms with van der Waals surface area (Å²) in [6.45, 7) is 9.69. The zero-order chi connectivity index (χ0) is 20.1. The van der Waals surface area contributed by atoms with Crippen molar-refractivity contribution in [1.29, 1.82) is 0 Å². The molecule has 0 unspecified atom stereocenters. The number of hydrogen-bond acceptors (Lipinski definition) is 6. The molecule has 6 nitrogen and oxygen atoms in total. The van der Waals surface area contributed by atoms with Gasteiger partial charge >= 0.3 is 0 Å². The predicted molar refractivity (Wildman–Crippen MR) is 115 cm³/mol. The van der Waals surface area contributed by atoms with Crippen molar-refractivity contribution < 1.29 is 4.74 Å². The highest BCUT2D eigenvalue weighted by molar-refractivity contribution is 5.57. The second-order valence-corrected chi connectivity index (χ2v) is 7.29. The van der Waals surface area contributed by atoms with E-state index < -0.39 is 0 Å². The molecule has 3 aromatic rings. The van der Waals surface area contributed by atoms with Crippen LogP contribution in [0, 0.1) is 13.8 Å². The van der Waals surface area contributed by atoms with Crippen LogP contribution >= 0.6 is 0 Å². The second-order valence-electron chi connectivity index (χ2n) is 7.29. The van der Waals surface area contributed by atoms with Gasteiger partial charge in [-0.15, -0.1) is 0 Å². The number of benzene rings is 1. The molecule has 1 aliphatic rings. The molecule has 4 rings (SSSR count). The normalized spacial score (nSPS) is 14.8. The van der Waals surface area contributed by atoms with Crippen LogP contribution in [0.5, 0.6) is 5.75 Å². The third-order valence-electron chi connectivity index (χ3n) is 5.35. The first-order valence-electron chi connectivity index (χ1n) is 10.1. The smallest absolute Gasteiger partial charge is 0.180 e. The Kier molecular flexibility index (Phi) is 6.00. The summed E-state index contributed by atoms with van der Waals surface area (Å²) < 4.78 is 5.84. The lowest BCUT2D eigenvalue weighted by atomic mass is 10.2. The molecule has 2 aromatic heterocycles. The highest BCUT2D eigenvalue weighted by atomic mass is 16.5. The Morgan fingerprint density at radius 1 is 0.897 bits per heavy atom. The summed E-state index contributed by atoms with van der Waals surface area (Å²) >= 11 is 0. The zero-order valence-electron chi connectivity index (χ0n) is 17.1. The van der Waals surface area contributed by atoms with Gasteiger partial charge in [0.05, 0.1) is 0 Å². The molecule has 1 aliphatic heterocycles. The van der Waals surface area contributed by atoms with E-state index in [0.29, 0.717) is 12.4 Å². The first kappa shape index (κ1) is 19.3. The van der Waals surface area contributed by atoms with Gasteiger partial charge in [0.25, 0.3) is 0 Å². The largest absolute Gasteiger partial charge is 0.492 e. The lowest BCUT2D eigenvalue weighted by Gasteiger charge is -2.36. The molecule has 29 heavy (non-hydrogen) atoms. The Morgan fingerprint density at radius 2 is 1.66 bits per heavy atom. The summed E-state index contributed by atoms with van der Waals surface area (Å²) in [5.41, 5.74) is 2.97. The van der Waals surface area contributed by atoms with Gasteiger partial charge in [0, 0.05) is 50.2 Å². The van der Waals surface area contributed by atoms with Crippen molar-refractivity contribution in [2.75, 3.05) is 44.2 Å². The highest BCUT2D eigenvalue weighted by Crippen LogP contribution is 2.24. The molecule has 0 amide bonds. The molecular formula is C23H27N5O. The Bertz CT molecular complexity index is 925. The molecule has 0 atom stereocenters. The number of para-hydroxylation sites is 1. The van der Waals surface area contributed by atoms with E-state index in [1.807, 2.05) is 55.5 Å². The third-order valence-corrected chi connectivity index (χ3v) is 5.35. The monoisotopic (exact) mass is 389 g/mol. The van der Waals surface area contributed by atoms with Crippen LogP contribution in [0.4, 0.5) is 5.82 Å². The Labute approximate surface area is 172 Å². The quantitative estimate of drug-likeness (QED) is 0.644. The van der Waals surface area contributed by atoms with Crippen LogP contribution in [0.15, 0.2) is 54.7 Å². The topological polar surface area (TPSA) is 54.4 Å². The lowest BCUT2D eigenvalue weighted by Crippen LogP contribution is -2.48. The minimum absolute atomic E-state index is 0.697. The van der Waals surface area contributed by atoms with Crippen molar-refractivity contribution in [3.8, 4) is 17.3 Å². The Balaban J connectivity index is 1.37. The zero-order valence-corrected chi connectivity index (χ0v) is 17.1. The van der Waals surface area contributed by atoms with Gasteiger partial charge in [-0.1, -0.05) is 24.3 Å². The lowest BCUT2D eigenvalue weighted by molar-refractivity contribution is 0.200. The van der Waals surface area contributed by atoms with Crippen LogP contribution < -0.4 is 9.64 Å². The molecular weight excluding hydrogens is 362 g/mol. The van der Waals surface area contributed by atoms with Crippen LogP contribution in [-0.2, 0) is 0 Å². The molecule has 1 fully saturated rings. The maximum atomic E-state index is 5.84. The first-order chi connectivity index (χ1) is 14.2.